The summed E-state index contributed by atoms with van der Waals surface area (Å²) in [5.74, 6) is -1.60. The molecule has 0 bridgehead atoms. The van der Waals surface area contributed by atoms with Crippen molar-refractivity contribution in [2.45, 2.75) is 6.18 Å². The highest BCUT2D eigenvalue weighted by Crippen LogP contribution is 2.37. The molecule has 116 valence electrons. The first-order valence-corrected chi connectivity index (χ1v) is 6.07. The molecule has 1 amide bonds. The highest BCUT2D eigenvalue weighted by atomic mass is 19.4. The highest BCUT2D eigenvalue weighted by Gasteiger charge is 2.34. The van der Waals surface area contributed by atoms with Gasteiger partial charge in [0, 0.05) is 25.0 Å². The summed E-state index contributed by atoms with van der Waals surface area (Å²) < 4.78 is 39.2. The molecule has 0 saturated carbocycles. The molecule has 0 radical (unpaired) electrons. The lowest BCUT2D eigenvalue weighted by atomic mass is 10.1. The zero-order valence-corrected chi connectivity index (χ0v) is 11.3. The molecule has 0 aliphatic rings. The Bertz CT molecular complexity index is 782. The van der Waals surface area contributed by atoms with Crippen LogP contribution in [0, 0.1) is 0 Å². The Morgan fingerprint density at radius 2 is 1.91 bits per heavy atom. The van der Waals surface area contributed by atoms with Crippen LogP contribution in [0.4, 0.5) is 18.9 Å². The number of benzene rings is 1. The molecular weight excluding hydrogens is 301 g/mol. The lowest BCUT2D eigenvalue weighted by Crippen LogP contribution is -2.19. The molecule has 1 aromatic heterocycles. The van der Waals surface area contributed by atoms with E-state index in [0.717, 1.165) is 12.1 Å². The smallest absolute Gasteiger partial charge is 0.420 e. The van der Waals surface area contributed by atoms with Crippen LogP contribution < -0.4 is 10.9 Å². The van der Waals surface area contributed by atoms with Gasteiger partial charge >= 0.3 is 6.18 Å². The Labute approximate surface area is 122 Å². The van der Waals surface area contributed by atoms with Gasteiger partial charge in [0.25, 0.3) is 5.91 Å². The maximum absolute atomic E-state index is 12.7. The number of carbonyl (C=O) groups is 1. The summed E-state index contributed by atoms with van der Waals surface area (Å²) in [7, 11) is 1.45. The number of aryl methyl sites for hydroxylation is 1. The van der Waals surface area contributed by atoms with E-state index in [2.05, 4.69) is 5.32 Å². The van der Waals surface area contributed by atoms with Gasteiger partial charge in [0.05, 0.1) is 11.1 Å². The summed E-state index contributed by atoms with van der Waals surface area (Å²) in [5.41, 5.74) is -1.57. The quantitative estimate of drug-likeness (QED) is 0.836. The van der Waals surface area contributed by atoms with E-state index >= 15 is 0 Å². The number of halogens is 3. The van der Waals surface area contributed by atoms with Crippen molar-refractivity contribution in [2.75, 3.05) is 5.32 Å². The molecule has 0 unspecified atom stereocenters. The molecule has 0 aliphatic carbocycles. The van der Waals surface area contributed by atoms with Gasteiger partial charge in [-0.2, -0.15) is 13.2 Å². The van der Waals surface area contributed by atoms with E-state index in [1.807, 2.05) is 0 Å². The van der Waals surface area contributed by atoms with Crippen molar-refractivity contribution in [1.82, 2.24) is 4.57 Å². The average molecular weight is 312 g/mol. The number of hydrogen-bond donors (Lipinski definition) is 2. The molecule has 0 atom stereocenters. The third kappa shape index (κ3) is 3.27. The molecule has 0 saturated heterocycles. The van der Waals surface area contributed by atoms with Crippen molar-refractivity contribution in [3.63, 3.8) is 0 Å². The van der Waals surface area contributed by atoms with Crippen LogP contribution in [0.3, 0.4) is 0 Å². The first kappa shape index (κ1) is 15.6. The van der Waals surface area contributed by atoms with E-state index in [4.69, 9.17) is 0 Å². The zero-order valence-electron chi connectivity index (χ0n) is 11.3. The number of alkyl halides is 3. The van der Waals surface area contributed by atoms with E-state index in [-0.39, 0.29) is 16.8 Å². The highest BCUT2D eigenvalue weighted by molar-refractivity contribution is 6.04. The Kier molecular flexibility index (Phi) is 3.94. The summed E-state index contributed by atoms with van der Waals surface area (Å²) in [5, 5.41) is 11.5. The summed E-state index contributed by atoms with van der Waals surface area (Å²) in [6, 6.07) is 5.06. The van der Waals surface area contributed by atoms with Gasteiger partial charge in [0.2, 0.25) is 5.56 Å². The predicted octanol–water partition coefficient (Wildman–Crippen LogP) is 2.36. The minimum Gasteiger partial charge on any atom is -0.507 e. The molecular formula is C14H11F3N2O3. The van der Waals surface area contributed by atoms with Gasteiger partial charge in [0.15, 0.2) is 0 Å². The standard InChI is InChI=1S/C14H11F3N2O3/c1-19-7-8(2-5-12(19)21)13(22)18-9-3-4-11(20)10(6-9)14(15,16)17/h2-7,20H,1H3,(H,18,22). The van der Waals surface area contributed by atoms with Crippen molar-refractivity contribution in [2.24, 2.45) is 7.05 Å². The summed E-state index contributed by atoms with van der Waals surface area (Å²) >= 11 is 0. The molecule has 0 fully saturated rings. The van der Waals surface area contributed by atoms with Gasteiger partial charge in [-0.05, 0) is 24.3 Å². The summed E-state index contributed by atoms with van der Waals surface area (Å²) in [6.45, 7) is 0. The minimum absolute atomic E-state index is 0.115. The average Bonchev–Trinajstić information content (AvgIpc) is 2.42. The predicted molar refractivity (Wildman–Crippen MR) is 72.7 cm³/mol. The zero-order chi connectivity index (χ0) is 16.5. The number of carbonyl (C=O) groups excluding carboxylic acids is 1. The third-order valence-corrected chi connectivity index (χ3v) is 2.91. The number of phenolic OH excluding ortho intramolecular Hbond substituents is 1. The monoisotopic (exact) mass is 312 g/mol. The number of amides is 1. The van der Waals surface area contributed by atoms with Gasteiger partial charge in [0.1, 0.15) is 5.75 Å². The molecule has 0 spiro atoms. The lowest BCUT2D eigenvalue weighted by Gasteiger charge is -2.12. The Hall–Kier alpha value is -2.77. The number of anilines is 1. The van der Waals surface area contributed by atoms with Gasteiger partial charge < -0.3 is 15.0 Å². The Morgan fingerprint density at radius 3 is 2.50 bits per heavy atom. The molecule has 2 rings (SSSR count). The van der Waals surface area contributed by atoms with Gasteiger partial charge in [-0.1, -0.05) is 0 Å². The molecule has 0 aliphatic heterocycles. The molecule has 2 aromatic rings. The van der Waals surface area contributed by atoms with Gasteiger partial charge in [-0.15, -0.1) is 0 Å². The number of nitrogens with one attached hydrogen (secondary N) is 1. The number of hydrogen-bond acceptors (Lipinski definition) is 3. The van der Waals surface area contributed by atoms with Crippen LogP contribution in [-0.2, 0) is 13.2 Å². The first-order valence-electron chi connectivity index (χ1n) is 6.07. The second-order valence-corrected chi connectivity index (χ2v) is 4.55. The first-order chi connectivity index (χ1) is 10.2. The van der Waals surface area contributed by atoms with Crippen molar-refractivity contribution < 1.29 is 23.1 Å². The summed E-state index contributed by atoms with van der Waals surface area (Å²) in [4.78, 5) is 23.2. The number of rotatable bonds is 2. The molecule has 1 aromatic carbocycles. The number of phenols is 1. The minimum atomic E-state index is -4.73. The third-order valence-electron chi connectivity index (χ3n) is 2.91. The number of aromatic hydroxyl groups is 1. The molecule has 2 N–H and O–H groups in total. The molecule has 22 heavy (non-hydrogen) atoms. The fourth-order valence-electron chi connectivity index (χ4n) is 1.77. The van der Waals surface area contributed by atoms with Crippen molar-refractivity contribution in [1.29, 1.82) is 0 Å². The van der Waals surface area contributed by atoms with E-state index < -0.39 is 23.4 Å². The molecule has 8 heteroatoms. The van der Waals surface area contributed by atoms with Crippen LogP contribution in [-0.4, -0.2) is 15.6 Å². The lowest BCUT2D eigenvalue weighted by molar-refractivity contribution is -0.138. The van der Waals surface area contributed by atoms with Crippen molar-refractivity contribution >= 4 is 11.6 Å². The van der Waals surface area contributed by atoms with Crippen LogP contribution >= 0.6 is 0 Å². The van der Waals surface area contributed by atoms with E-state index in [1.54, 1.807) is 0 Å². The second-order valence-electron chi connectivity index (χ2n) is 4.55. The summed E-state index contributed by atoms with van der Waals surface area (Å²) in [6.07, 6.45) is -3.47. The van der Waals surface area contributed by atoms with E-state index in [0.29, 0.717) is 6.07 Å². The maximum Gasteiger partial charge on any atom is 0.420 e. The Balaban J connectivity index is 2.29. The normalized spacial score (nSPS) is 11.3. The SMILES string of the molecule is Cn1cc(C(=O)Nc2ccc(O)c(C(F)(F)F)c2)ccc1=O. The van der Waals surface area contributed by atoms with E-state index in [1.165, 1.54) is 29.9 Å². The molecule has 5 nitrogen and oxygen atoms in total. The Morgan fingerprint density at radius 1 is 1.23 bits per heavy atom. The topological polar surface area (TPSA) is 71.3 Å². The van der Waals surface area contributed by atoms with Crippen LogP contribution in [0.25, 0.3) is 0 Å². The fourth-order valence-corrected chi connectivity index (χ4v) is 1.77. The van der Waals surface area contributed by atoms with Crippen LogP contribution in [0.15, 0.2) is 41.3 Å². The van der Waals surface area contributed by atoms with Gasteiger partial charge in [-0.25, -0.2) is 0 Å². The van der Waals surface area contributed by atoms with Crippen LogP contribution in [0.5, 0.6) is 5.75 Å². The van der Waals surface area contributed by atoms with Crippen LogP contribution in [0.2, 0.25) is 0 Å². The number of pyridine rings is 1. The van der Waals surface area contributed by atoms with Crippen LogP contribution in [0.1, 0.15) is 15.9 Å². The number of aromatic nitrogens is 1. The number of nitrogens with zero attached hydrogens (tertiary/aromatic N) is 1. The second kappa shape index (κ2) is 5.55. The van der Waals surface area contributed by atoms with Gasteiger partial charge in [-0.3, -0.25) is 9.59 Å². The van der Waals surface area contributed by atoms with Crippen molar-refractivity contribution in [3.8, 4) is 5.75 Å². The largest absolute Gasteiger partial charge is 0.507 e. The fraction of sp³-hybridized carbons (Fsp3) is 0.143. The van der Waals surface area contributed by atoms with Crippen molar-refractivity contribution in [3.05, 3.63) is 58.0 Å². The maximum atomic E-state index is 12.7. The van der Waals surface area contributed by atoms with E-state index in [9.17, 15) is 27.9 Å². The molecule has 1 heterocycles.